The summed E-state index contributed by atoms with van der Waals surface area (Å²) < 4.78 is 10.5. The van der Waals surface area contributed by atoms with E-state index < -0.39 is 18.2 Å². The van der Waals surface area contributed by atoms with Crippen molar-refractivity contribution in [2.75, 3.05) is 7.11 Å². The van der Waals surface area contributed by atoms with E-state index in [4.69, 9.17) is 14.6 Å². The molecule has 0 aliphatic heterocycles. The SMILES string of the molecule is CCC(Oc1cc(OC)ccc1[C@H](C)O)C(=O)O. The molecular formula is C13H18O5. The van der Waals surface area contributed by atoms with Gasteiger partial charge in [0.2, 0.25) is 0 Å². The molecule has 0 aliphatic carbocycles. The summed E-state index contributed by atoms with van der Waals surface area (Å²) in [7, 11) is 1.51. The molecule has 0 bridgehead atoms. The zero-order chi connectivity index (χ0) is 13.7. The largest absolute Gasteiger partial charge is 0.497 e. The zero-order valence-electron chi connectivity index (χ0n) is 10.7. The zero-order valence-corrected chi connectivity index (χ0v) is 10.7. The van der Waals surface area contributed by atoms with E-state index in [1.807, 2.05) is 0 Å². The van der Waals surface area contributed by atoms with Crippen LogP contribution in [-0.2, 0) is 4.79 Å². The summed E-state index contributed by atoms with van der Waals surface area (Å²) in [4.78, 5) is 11.0. The maximum atomic E-state index is 11.0. The summed E-state index contributed by atoms with van der Waals surface area (Å²) in [6, 6.07) is 4.93. The summed E-state index contributed by atoms with van der Waals surface area (Å²) in [5, 5.41) is 18.6. The highest BCUT2D eigenvalue weighted by molar-refractivity contribution is 5.72. The molecule has 0 saturated heterocycles. The highest BCUT2D eigenvalue weighted by Gasteiger charge is 2.20. The maximum Gasteiger partial charge on any atom is 0.344 e. The first-order valence-corrected chi connectivity index (χ1v) is 5.75. The third-order valence-corrected chi connectivity index (χ3v) is 2.59. The summed E-state index contributed by atoms with van der Waals surface area (Å²) in [5.41, 5.74) is 0.538. The van der Waals surface area contributed by atoms with E-state index in [-0.39, 0.29) is 0 Å². The average Bonchev–Trinajstić information content (AvgIpc) is 2.34. The van der Waals surface area contributed by atoms with E-state index in [9.17, 15) is 9.90 Å². The predicted octanol–water partition coefficient (Wildman–Crippen LogP) is 1.99. The number of rotatable bonds is 6. The smallest absolute Gasteiger partial charge is 0.344 e. The molecule has 2 atom stereocenters. The Morgan fingerprint density at radius 2 is 2.11 bits per heavy atom. The number of aliphatic carboxylic acids is 1. The Morgan fingerprint density at radius 3 is 2.56 bits per heavy atom. The van der Waals surface area contributed by atoms with E-state index in [1.165, 1.54) is 7.11 Å². The van der Waals surface area contributed by atoms with Gasteiger partial charge in [0.15, 0.2) is 6.10 Å². The van der Waals surface area contributed by atoms with Crippen LogP contribution in [0.2, 0.25) is 0 Å². The van der Waals surface area contributed by atoms with E-state index in [0.29, 0.717) is 23.5 Å². The second-order valence-corrected chi connectivity index (χ2v) is 3.93. The van der Waals surface area contributed by atoms with Crippen molar-refractivity contribution in [2.45, 2.75) is 32.5 Å². The van der Waals surface area contributed by atoms with Crippen molar-refractivity contribution < 1.29 is 24.5 Å². The molecule has 1 aromatic carbocycles. The molecule has 1 aromatic rings. The van der Waals surface area contributed by atoms with Gasteiger partial charge in [0.25, 0.3) is 0 Å². The lowest BCUT2D eigenvalue weighted by Crippen LogP contribution is -2.26. The summed E-state index contributed by atoms with van der Waals surface area (Å²) >= 11 is 0. The standard InChI is InChI=1S/C13H18O5/c1-4-11(13(15)16)18-12-7-9(17-3)5-6-10(12)8(2)14/h5-8,11,14H,4H2,1-3H3,(H,15,16)/t8-,11?/m0/s1. The third-order valence-electron chi connectivity index (χ3n) is 2.59. The molecular weight excluding hydrogens is 236 g/mol. The number of carboxylic acid groups (broad SMARTS) is 1. The molecule has 0 fully saturated rings. The lowest BCUT2D eigenvalue weighted by Gasteiger charge is -2.18. The summed E-state index contributed by atoms with van der Waals surface area (Å²) in [6.45, 7) is 3.32. The molecule has 1 rings (SSSR count). The van der Waals surface area contributed by atoms with Crippen LogP contribution in [0.25, 0.3) is 0 Å². The van der Waals surface area contributed by atoms with Gasteiger partial charge in [-0.3, -0.25) is 0 Å². The van der Waals surface area contributed by atoms with E-state index >= 15 is 0 Å². The van der Waals surface area contributed by atoms with Gasteiger partial charge in [0.05, 0.1) is 13.2 Å². The molecule has 5 nitrogen and oxygen atoms in total. The Hall–Kier alpha value is -1.75. The van der Waals surface area contributed by atoms with Gasteiger partial charge in [-0.25, -0.2) is 4.79 Å². The van der Waals surface area contributed by atoms with Crippen molar-refractivity contribution in [1.29, 1.82) is 0 Å². The average molecular weight is 254 g/mol. The van der Waals surface area contributed by atoms with Gasteiger partial charge in [-0.05, 0) is 25.5 Å². The second kappa shape index (κ2) is 6.26. The van der Waals surface area contributed by atoms with Gasteiger partial charge < -0.3 is 19.7 Å². The number of hydrogen-bond acceptors (Lipinski definition) is 4. The maximum absolute atomic E-state index is 11.0. The predicted molar refractivity (Wildman–Crippen MR) is 66.0 cm³/mol. The Balaban J connectivity index is 3.07. The number of ether oxygens (including phenoxy) is 2. The molecule has 0 heterocycles. The minimum atomic E-state index is -1.03. The van der Waals surface area contributed by atoms with Crippen molar-refractivity contribution >= 4 is 5.97 Å². The van der Waals surface area contributed by atoms with Gasteiger partial charge in [0.1, 0.15) is 11.5 Å². The van der Waals surface area contributed by atoms with Crippen molar-refractivity contribution in [1.82, 2.24) is 0 Å². The van der Waals surface area contributed by atoms with Crippen molar-refractivity contribution in [3.63, 3.8) is 0 Å². The minimum Gasteiger partial charge on any atom is -0.497 e. The number of carbonyl (C=O) groups is 1. The molecule has 0 aromatic heterocycles. The molecule has 1 unspecified atom stereocenters. The van der Waals surface area contributed by atoms with E-state index in [0.717, 1.165) is 0 Å². The fourth-order valence-corrected chi connectivity index (χ4v) is 1.55. The summed E-state index contributed by atoms with van der Waals surface area (Å²) in [5.74, 6) is -0.148. The lowest BCUT2D eigenvalue weighted by atomic mass is 10.1. The van der Waals surface area contributed by atoms with Gasteiger partial charge in [-0.2, -0.15) is 0 Å². The lowest BCUT2D eigenvalue weighted by molar-refractivity contribution is -0.145. The van der Waals surface area contributed by atoms with Gasteiger partial charge in [-0.15, -0.1) is 0 Å². The first-order chi connectivity index (χ1) is 8.49. The van der Waals surface area contributed by atoms with Crippen molar-refractivity contribution in [3.05, 3.63) is 23.8 Å². The van der Waals surface area contributed by atoms with Crippen LogP contribution in [0.15, 0.2) is 18.2 Å². The molecule has 18 heavy (non-hydrogen) atoms. The molecule has 0 amide bonds. The quantitative estimate of drug-likeness (QED) is 0.812. The number of aliphatic hydroxyl groups excluding tert-OH is 1. The molecule has 0 radical (unpaired) electrons. The molecule has 0 spiro atoms. The minimum absolute atomic E-state index is 0.332. The monoisotopic (exact) mass is 254 g/mol. The summed E-state index contributed by atoms with van der Waals surface area (Å²) in [6.07, 6.45) is -1.34. The van der Waals surface area contributed by atoms with Crippen LogP contribution in [0.1, 0.15) is 31.9 Å². The second-order valence-electron chi connectivity index (χ2n) is 3.93. The first kappa shape index (κ1) is 14.3. The number of aliphatic hydroxyl groups is 1. The van der Waals surface area contributed by atoms with Gasteiger partial charge in [-0.1, -0.05) is 6.92 Å². The number of carboxylic acids is 1. The molecule has 5 heteroatoms. The van der Waals surface area contributed by atoms with Crippen molar-refractivity contribution in [2.24, 2.45) is 0 Å². The molecule has 100 valence electrons. The Bertz CT molecular complexity index is 414. The fourth-order valence-electron chi connectivity index (χ4n) is 1.55. The molecule has 0 aliphatic rings. The normalized spacial score (nSPS) is 13.8. The highest BCUT2D eigenvalue weighted by Crippen LogP contribution is 2.30. The van der Waals surface area contributed by atoms with Crippen LogP contribution >= 0.6 is 0 Å². The Labute approximate surface area is 106 Å². The van der Waals surface area contributed by atoms with Crippen LogP contribution in [0, 0.1) is 0 Å². The fraction of sp³-hybridized carbons (Fsp3) is 0.462. The van der Waals surface area contributed by atoms with Gasteiger partial charge in [0, 0.05) is 11.6 Å². The topological polar surface area (TPSA) is 76.0 Å². The van der Waals surface area contributed by atoms with Crippen LogP contribution in [0.3, 0.4) is 0 Å². The third kappa shape index (κ3) is 3.37. The number of benzene rings is 1. The van der Waals surface area contributed by atoms with E-state index in [2.05, 4.69) is 0 Å². The highest BCUT2D eigenvalue weighted by atomic mass is 16.5. The van der Waals surface area contributed by atoms with Crippen LogP contribution < -0.4 is 9.47 Å². The van der Waals surface area contributed by atoms with Crippen molar-refractivity contribution in [3.8, 4) is 11.5 Å². The number of hydrogen-bond donors (Lipinski definition) is 2. The molecule has 2 N–H and O–H groups in total. The van der Waals surface area contributed by atoms with Crippen LogP contribution in [0.4, 0.5) is 0 Å². The first-order valence-electron chi connectivity index (χ1n) is 5.75. The van der Waals surface area contributed by atoms with Crippen LogP contribution in [-0.4, -0.2) is 29.4 Å². The number of methoxy groups -OCH3 is 1. The van der Waals surface area contributed by atoms with Crippen LogP contribution in [0.5, 0.6) is 11.5 Å². The van der Waals surface area contributed by atoms with E-state index in [1.54, 1.807) is 32.0 Å². The van der Waals surface area contributed by atoms with Gasteiger partial charge >= 0.3 is 5.97 Å². The Kier molecular flexibility index (Phi) is 4.97. The Morgan fingerprint density at radius 1 is 1.44 bits per heavy atom. The molecule has 0 saturated carbocycles.